The van der Waals surface area contributed by atoms with Gasteiger partial charge in [-0.1, -0.05) is 12.1 Å². The number of aliphatic hydroxyl groups excluding tert-OH is 1. The Balaban J connectivity index is 1.82. The van der Waals surface area contributed by atoms with E-state index in [9.17, 15) is 34.0 Å². The number of rotatable bonds is 13. The minimum Gasteiger partial charge on any atom is -0.506 e. The van der Waals surface area contributed by atoms with Crippen LogP contribution in [0.25, 0.3) is 0 Å². The van der Waals surface area contributed by atoms with Crippen LogP contribution in [0.2, 0.25) is 0 Å². The van der Waals surface area contributed by atoms with E-state index in [-0.39, 0.29) is 18.0 Å². The van der Waals surface area contributed by atoms with E-state index in [1.54, 1.807) is 27.9 Å². The molecule has 2 heterocycles. The van der Waals surface area contributed by atoms with Gasteiger partial charge in [-0.15, -0.1) is 9.19 Å². The summed E-state index contributed by atoms with van der Waals surface area (Å²) < 4.78 is 52.8. The molecule has 3 rings (SSSR count). The Morgan fingerprint density at radius 2 is 1.84 bits per heavy atom. The molecule has 15 nitrogen and oxygen atoms in total. The molecule has 1 aromatic carbocycles. The first-order valence-corrected chi connectivity index (χ1v) is 14.7. The molecule has 1 aliphatic heterocycles. The Labute approximate surface area is 253 Å². The lowest BCUT2D eigenvalue weighted by Gasteiger charge is -2.25. The highest BCUT2D eigenvalue weighted by Crippen LogP contribution is 2.44. The van der Waals surface area contributed by atoms with Gasteiger partial charge in [0.25, 0.3) is 5.56 Å². The van der Waals surface area contributed by atoms with Crippen molar-refractivity contribution in [3.05, 3.63) is 57.4 Å². The molecule has 1 fully saturated rings. The third kappa shape index (κ3) is 7.87. The standard InChI is InChI=1S/C27H36FN4O11P/c1-16(2)42-24(37)17(3)32(18-9-7-8-10-19(18)33)44(39)41-14-20-23(36)27(4,28)25(43-20)30-12-11-21(34)31(26(30)38)15-40-22(35)13-29(5)6/h7-12,16-17,20,23,25,36H,13-15H2,1-6H3/p+1/t17-,20+,23+,25+,27+/m0/s1. The Morgan fingerprint density at radius 1 is 1.18 bits per heavy atom. The van der Waals surface area contributed by atoms with Crippen LogP contribution in [0.1, 0.15) is 33.9 Å². The molecule has 1 aromatic heterocycles. The minimum atomic E-state index is -2.96. The van der Waals surface area contributed by atoms with Gasteiger partial charge >= 0.3 is 25.8 Å². The van der Waals surface area contributed by atoms with Gasteiger partial charge in [-0.3, -0.25) is 19.1 Å². The van der Waals surface area contributed by atoms with E-state index < -0.39 is 81.0 Å². The Kier molecular flexibility index (Phi) is 11.4. The number of carbonyl (C=O) groups is 2. The monoisotopic (exact) mass is 643 g/mol. The lowest BCUT2D eigenvalue weighted by Crippen LogP contribution is -2.46. The second kappa shape index (κ2) is 14.4. The molecule has 0 aliphatic carbocycles. The molecule has 2 N–H and O–H groups in total. The number of phenols is 1. The molecule has 17 heteroatoms. The van der Waals surface area contributed by atoms with E-state index in [1.807, 2.05) is 0 Å². The van der Waals surface area contributed by atoms with Gasteiger partial charge < -0.3 is 24.4 Å². The van der Waals surface area contributed by atoms with Gasteiger partial charge in [-0.25, -0.2) is 18.5 Å². The van der Waals surface area contributed by atoms with Crippen molar-refractivity contribution in [3.63, 3.8) is 0 Å². The van der Waals surface area contributed by atoms with Crippen molar-refractivity contribution < 1.29 is 47.5 Å². The maximum Gasteiger partial charge on any atom is 0.646 e. The molecule has 0 saturated carbocycles. The maximum absolute atomic E-state index is 15.9. The summed E-state index contributed by atoms with van der Waals surface area (Å²) in [5.74, 6) is -1.78. The number of ether oxygens (including phenoxy) is 3. The minimum absolute atomic E-state index is 0.0111. The molecular formula is C27H37FN4O11P+. The van der Waals surface area contributed by atoms with Crippen LogP contribution >= 0.6 is 8.18 Å². The first-order valence-electron chi connectivity index (χ1n) is 13.6. The molecule has 6 atom stereocenters. The summed E-state index contributed by atoms with van der Waals surface area (Å²) in [6.07, 6.45) is -4.65. The number of aliphatic hydroxyl groups is 1. The summed E-state index contributed by atoms with van der Waals surface area (Å²) in [5.41, 5.74) is -4.52. The van der Waals surface area contributed by atoms with Crippen molar-refractivity contribution in [2.75, 3.05) is 31.9 Å². The SMILES string of the molecule is CC(C)OC(=O)[C@H](C)N(c1ccccc1O)[P+](=O)OC[C@H]1O[C@@H](n2ccc(=O)n(COC(=O)CN(C)C)c2=O)[C@](C)(F)[C@@H]1O. The first kappa shape index (κ1) is 34.8. The average molecular weight is 644 g/mol. The van der Waals surface area contributed by atoms with Gasteiger partial charge in [-0.05, 0) is 58.5 Å². The van der Waals surface area contributed by atoms with Crippen LogP contribution in [0.5, 0.6) is 5.75 Å². The number of hydrogen-bond donors (Lipinski definition) is 2. The van der Waals surface area contributed by atoms with Crippen LogP contribution in [0.4, 0.5) is 10.1 Å². The molecule has 0 spiro atoms. The second-order valence-electron chi connectivity index (χ2n) is 10.8. The fraction of sp³-hybridized carbons (Fsp3) is 0.556. The van der Waals surface area contributed by atoms with Crippen LogP contribution in [0.3, 0.4) is 0 Å². The van der Waals surface area contributed by atoms with Crippen LogP contribution in [0.15, 0.2) is 46.1 Å². The van der Waals surface area contributed by atoms with Crippen molar-refractivity contribution in [1.82, 2.24) is 14.0 Å². The highest BCUT2D eigenvalue weighted by Gasteiger charge is 2.56. The molecule has 0 amide bonds. The number of anilines is 1. The van der Waals surface area contributed by atoms with E-state index in [1.165, 1.54) is 36.1 Å². The quantitative estimate of drug-likeness (QED) is 0.236. The van der Waals surface area contributed by atoms with Crippen molar-refractivity contribution >= 4 is 25.8 Å². The van der Waals surface area contributed by atoms with Gasteiger partial charge in [0.05, 0.1) is 12.6 Å². The third-order valence-electron chi connectivity index (χ3n) is 6.58. The van der Waals surface area contributed by atoms with Crippen molar-refractivity contribution in [3.8, 4) is 5.75 Å². The van der Waals surface area contributed by atoms with E-state index in [2.05, 4.69) is 0 Å². The van der Waals surface area contributed by atoms with Gasteiger partial charge in [0.15, 0.2) is 24.7 Å². The number of alkyl halides is 1. The van der Waals surface area contributed by atoms with Gasteiger partial charge in [0.1, 0.15) is 30.3 Å². The maximum atomic E-state index is 15.9. The Hall–Kier alpha value is -3.69. The highest BCUT2D eigenvalue weighted by atomic mass is 31.1. The second-order valence-corrected chi connectivity index (χ2v) is 12.0. The fourth-order valence-electron chi connectivity index (χ4n) is 4.35. The number of likely N-dealkylation sites (N-methyl/N-ethyl adjacent to an activating group) is 1. The van der Waals surface area contributed by atoms with E-state index >= 15 is 4.39 Å². The van der Waals surface area contributed by atoms with Crippen LogP contribution in [0, 0.1) is 0 Å². The predicted octanol–water partition coefficient (Wildman–Crippen LogP) is 1.29. The third-order valence-corrected chi connectivity index (χ3v) is 7.86. The van der Waals surface area contributed by atoms with Crippen molar-refractivity contribution in [2.24, 2.45) is 0 Å². The molecular weight excluding hydrogens is 606 g/mol. The molecule has 242 valence electrons. The molecule has 0 radical (unpaired) electrons. The van der Waals surface area contributed by atoms with Gasteiger partial charge in [0.2, 0.25) is 0 Å². The normalized spacial score (nSPS) is 22.6. The number of hydrogen-bond acceptors (Lipinski definition) is 12. The van der Waals surface area contributed by atoms with Crippen LogP contribution < -0.4 is 15.9 Å². The van der Waals surface area contributed by atoms with Gasteiger partial charge in [-0.2, -0.15) is 0 Å². The smallest absolute Gasteiger partial charge is 0.506 e. The molecule has 0 bridgehead atoms. The largest absolute Gasteiger partial charge is 0.646 e. The van der Waals surface area contributed by atoms with Crippen LogP contribution in [-0.4, -0.2) is 93.5 Å². The van der Waals surface area contributed by atoms with Crippen molar-refractivity contribution in [1.29, 1.82) is 0 Å². The summed E-state index contributed by atoms with van der Waals surface area (Å²) in [6.45, 7) is 4.10. The van der Waals surface area contributed by atoms with E-state index in [0.717, 1.165) is 28.4 Å². The zero-order valence-corrected chi connectivity index (χ0v) is 26.0. The number of carbonyl (C=O) groups excluding carboxylic acids is 2. The number of para-hydroxylation sites is 2. The fourth-order valence-corrected chi connectivity index (χ4v) is 5.47. The Bertz CT molecular complexity index is 1480. The zero-order valence-electron chi connectivity index (χ0n) is 25.2. The number of aromatic hydroxyl groups is 1. The summed E-state index contributed by atoms with van der Waals surface area (Å²) in [5, 5.41) is 21.2. The Morgan fingerprint density at radius 3 is 2.45 bits per heavy atom. The van der Waals surface area contributed by atoms with E-state index in [0.29, 0.717) is 4.57 Å². The lowest BCUT2D eigenvalue weighted by molar-refractivity contribution is -0.149. The summed E-state index contributed by atoms with van der Waals surface area (Å²) >= 11 is 0. The summed E-state index contributed by atoms with van der Waals surface area (Å²) in [7, 11) is 0.281. The molecule has 1 unspecified atom stereocenters. The van der Waals surface area contributed by atoms with Crippen LogP contribution in [-0.2, 0) is 39.6 Å². The number of nitrogens with zero attached hydrogens (tertiary/aromatic N) is 4. The molecule has 1 saturated heterocycles. The zero-order chi connectivity index (χ0) is 32.9. The average Bonchev–Trinajstić information content (AvgIpc) is 3.15. The topological polar surface area (TPSA) is 179 Å². The summed E-state index contributed by atoms with van der Waals surface area (Å²) in [4.78, 5) is 51.5. The molecule has 44 heavy (non-hydrogen) atoms. The number of aromatic nitrogens is 2. The van der Waals surface area contributed by atoms with Crippen molar-refractivity contribution in [2.45, 2.75) is 70.7 Å². The number of benzene rings is 1. The molecule has 1 aliphatic rings. The first-order chi connectivity index (χ1) is 20.6. The lowest BCUT2D eigenvalue weighted by atomic mass is 9.98. The van der Waals surface area contributed by atoms with E-state index in [4.69, 9.17) is 18.7 Å². The predicted molar refractivity (Wildman–Crippen MR) is 154 cm³/mol. The molecule has 2 aromatic rings. The summed E-state index contributed by atoms with van der Waals surface area (Å²) in [6, 6.07) is 5.51. The number of esters is 2. The highest BCUT2D eigenvalue weighted by molar-refractivity contribution is 7.41. The van der Waals surface area contributed by atoms with Gasteiger partial charge in [0, 0.05) is 12.3 Å². The number of phenolic OH excluding ortho intramolecular Hbond substituents is 1. The number of halogens is 1.